The summed E-state index contributed by atoms with van der Waals surface area (Å²) in [6.45, 7) is 1.27. The molecule has 2 aromatic rings. The number of methoxy groups -OCH3 is 2. The number of hydrogen-bond acceptors (Lipinski definition) is 6. The Kier molecular flexibility index (Phi) is 5.41. The summed E-state index contributed by atoms with van der Waals surface area (Å²) >= 11 is 1.63. The van der Waals surface area contributed by atoms with Gasteiger partial charge in [-0.05, 0) is 6.07 Å². The number of para-hydroxylation sites is 1. The highest BCUT2D eigenvalue weighted by molar-refractivity contribution is 7.15. The molecule has 0 amide bonds. The minimum absolute atomic E-state index is 0.589. The highest BCUT2D eigenvalue weighted by Crippen LogP contribution is 2.31. The maximum Gasteiger partial charge on any atom is 0.231 e. The van der Waals surface area contributed by atoms with Crippen LogP contribution in [0.5, 0.6) is 5.88 Å². The fraction of sp³-hybridized carbons (Fsp3) is 0.400. The number of rotatable bonds is 7. The number of hydrogen-bond donors (Lipinski definition) is 1. The van der Waals surface area contributed by atoms with Gasteiger partial charge in [0.05, 0.1) is 25.1 Å². The third kappa shape index (κ3) is 3.86. The second-order valence-corrected chi connectivity index (χ2v) is 5.83. The Balaban J connectivity index is 2.12. The molecule has 0 saturated carbocycles. The number of thiazole rings is 1. The van der Waals surface area contributed by atoms with E-state index in [1.54, 1.807) is 25.6 Å². The van der Waals surface area contributed by atoms with E-state index in [0.717, 1.165) is 21.3 Å². The average Bonchev–Trinajstić information content (AvgIpc) is 2.90. The van der Waals surface area contributed by atoms with Gasteiger partial charge >= 0.3 is 0 Å². The lowest BCUT2D eigenvalue weighted by molar-refractivity contribution is 0.185. The summed E-state index contributed by atoms with van der Waals surface area (Å²) in [5.74, 6) is 0.681. The molecule has 0 spiro atoms. The van der Waals surface area contributed by atoms with Crippen LogP contribution in [-0.4, -0.2) is 33.3 Å². The first kappa shape index (κ1) is 15.6. The number of aromatic nitrogens is 1. The van der Waals surface area contributed by atoms with Gasteiger partial charge in [0.15, 0.2) is 5.13 Å². The molecule has 1 aromatic heterocycles. The third-order valence-corrected chi connectivity index (χ3v) is 4.19. The first-order chi connectivity index (χ1) is 10.2. The molecule has 0 atom stereocenters. The largest absolute Gasteiger partial charge is 0.480 e. The van der Waals surface area contributed by atoms with Crippen molar-refractivity contribution in [1.82, 2.24) is 4.98 Å². The molecule has 0 saturated heterocycles. The molecule has 0 aliphatic rings. The molecule has 0 radical (unpaired) electrons. The van der Waals surface area contributed by atoms with Crippen LogP contribution in [0.2, 0.25) is 0 Å². The van der Waals surface area contributed by atoms with Crippen molar-refractivity contribution in [2.24, 2.45) is 0 Å². The molecule has 6 heteroatoms. The van der Waals surface area contributed by atoms with Gasteiger partial charge < -0.3 is 19.7 Å². The third-order valence-electron chi connectivity index (χ3n) is 2.98. The maximum absolute atomic E-state index is 5.35. The van der Waals surface area contributed by atoms with E-state index in [1.807, 2.05) is 31.1 Å². The molecular weight excluding hydrogens is 286 g/mol. The van der Waals surface area contributed by atoms with Crippen LogP contribution in [0, 0.1) is 0 Å². The van der Waals surface area contributed by atoms with Crippen molar-refractivity contribution < 1.29 is 9.47 Å². The molecular formula is C15H21N3O2S. The second kappa shape index (κ2) is 7.28. The van der Waals surface area contributed by atoms with Crippen LogP contribution in [0.3, 0.4) is 0 Å². The van der Waals surface area contributed by atoms with Gasteiger partial charge in [0.25, 0.3) is 0 Å². The van der Waals surface area contributed by atoms with E-state index >= 15 is 0 Å². The van der Waals surface area contributed by atoms with E-state index in [9.17, 15) is 0 Å². The van der Waals surface area contributed by atoms with Crippen molar-refractivity contribution in [1.29, 1.82) is 0 Å². The SMILES string of the molecule is COCc1ccccc1NCc1sc(N(C)C)nc1OC. The highest BCUT2D eigenvalue weighted by atomic mass is 32.1. The Labute approximate surface area is 129 Å². The van der Waals surface area contributed by atoms with E-state index in [-0.39, 0.29) is 0 Å². The van der Waals surface area contributed by atoms with Crippen LogP contribution in [-0.2, 0) is 17.9 Å². The van der Waals surface area contributed by atoms with Crippen LogP contribution in [0.25, 0.3) is 0 Å². The van der Waals surface area contributed by atoms with Crippen molar-refractivity contribution in [3.8, 4) is 5.88 Å². The van der Waals surface area contributed by atoms with Gasteiger partial charge in [-0.2, -0.15) is 4.98 Å². The first-order valence-corrected chi connectivity index (χ1v) is 7.49. The Morgan fingerprint density at radius 3 is 2.67 bits per heavy atom. The zero-order valence-electron chi connectivity index (χ0n) is 12.8. The Morgan fingerprint density at radius 1 is 1.24 bits per heavy atom. The molecule has 0 unspecified atom stereocenters. The van der Waals surface area contributed by atoms with Gasteiger partial charge in [-0.15, -0.1) is 0 Å². The Hall–Kier alpha value is -1.79. The molecule has 1 N–H and O–H groups in total. The normalized spacial score (nSPS) is 10.5. The lowest BCUT2D eigenvalue weighted by Crippen LogP contribution is -2.07. The first-order valence-electron chi connectivity index (χ1n) is 6.67. The molecule has 1 heterocycles. The quantitative estimate of drug-likeness (QED) is 0.852. The molecule has 0 aliphatic heterocycles. The van der Waals surface area contributed by atoms with Gasteiger partial charge in [-0.25, -0.2) is 0 Å². The number of benzene rings is 1. The second-order valence-electron chi connectivity index (χ2n) is 4.77. The standard InChI is InChI=1S/C15H21N3O2S/c1-18(2)15-17-14(20-4)13(21-15)9-16-12-8-6-5-7-11(12)10-19-3/h5-8,16H,9-10H2,1-4H3. The van der Waals surface area contributed by atoms with E-state index in [1.165, 1.54) is 0 Å². The zero-order valence-corrected chi connectivity index (χ0v) is 13.7. The van der Waals surface area contributed by atoms with Gasteiger partial charge in [0, 0.05) is 32.5 Å². The molecule has 2 rings (SSSR count). The van der Waals surface area contributed by atoms with Crippen LogP contribution in [0.1, 0.15) is 10.4 Å². The summed E-state index contributed by atoms with van der Waals surface area (Å²) in [6, 6.07) is 8.13. The molecule has 1 aromatic carbocycles. The topological polar surface area (TPSA) is 46.6 Å². The van der Waals surface area contributed by atoms with Crippen molar-refractivity contribution >= 4 is 22.2 Å². The summed E-state index contributed by atoms with van der Waals surface area (Å²) in [7, 11) is 7.30. The van der Waals surface area contributed by atoms with E-state index in [4.69, 9.17) is 9.47 Å². The number of nitrogens with one attached hydrogen (secondary N) is 1. The average molecular weight is 307 g/mol. The lowest BCUT2D eigenvalue weighted by atomic mass is 10.2. The summed E-state index contributed by atoms with van der Waals surface area (Å²) < 4.78 is 10.6. The van der Waals surface area contributed by atoms with Crippen molar-refractivity contribution in [3.63, 3.8) is 0 Å². The van der Waals surface area contributed by atoms with Gasteiger partial charge in [-0.3, -0.25) is 0 Å². The minimum Gasteiger partial charge on any atom is -0.480 e. The summed E-state index contributed by atoms with van der Waals surface area (Å²) in [4.78, 5) is 7.52. The zero-order chi connectivity index (χ0) is 15.2. The molecule has 5 nitrogen and oxygen atoms in total. The molecule has 114 valence electrons. The molecule has 0 aliphatic carbocycles. The molecule has 0 bridgehead atoms. The predicted octanol–water partition coefficient (Wildman–Crippen LogP) is 2.98. The number of ether oxygens (including phenoxy) is 2. The van der Waals surface area contributed by atoms with Gasteiger partial charge in [-0.1, -0.05) is 29.5 Å². The van der Waals surface area contributed by atoms with Crippen molar-refractivity contribution in [3.05, 3.63) is 34.7 Å². The van der Waals surface area contributed by atoms with Crippen molar-refractivity contribution in [2.75, 3.05) is 38.5 Å². The summed E-state index contributed by atoms with van der Waals surface area (Å²) in [6.07, 6.45) is 0. The van der Waals surface area contributed by atoms with E-state index in [0.29, 0.717) is 19.0 Å². The monoisotopic (exact) mass is 307 g/mol. The van der Waals surface area contributed by atoms with Crippen LogP contribution >= 0.6 is 11.3 Å². The smallest absolute Gasteiger partial charge is 0.231 e. The van der Waals surface area contributed by atoms with Gasteiger partial charge in [0.1, 0.15) is 0 Å². The van der Waals surface area contributed by atoms with Crippen LogP contribution in [0.15, 0.2) is 24.3 Å². The highest BCUT2D eigenvalue weighted by Gasteiger charge is 2.13. The van der Waals surface area contributed by atoms with E-state index < -0.39 is 0 Å². The van der Waals surface area contributed by atoms with Gasteiger partial charge in [0.2, 0.25) is 5.88 Å². The molecule has 21 heavy (non-hydrogen) atoms. The van der Waals surface area contributed by atoms with Crippen molar-refractivity contribution in [2.45, 2.75) is 13.2 Å². The molecule has 0 fully saturated rings. The predicted molar refractivity (Wildman–Crippen MR) is 87.5 cm³/mol. The number of nitrogens with zero attached hydrogens (tertiary/aromatic N) is 2. The minimum atomic E-state index is 0.589. The fourth-order valence-corrected chi connectivity index (χ4v) is 2.83. The fourth-order valence-electron chi connectivity index (χ4n) is 1.94. The Bertz CT molecular complexity index is 584. The van der Waals surface area contributed by atoms with Crippen LogP contribution in [0.4, 0.5) is 10.8 Å². The summed E-state index contributed by atoms with van der Waals surface area (Å²) in [5.41, 5.74) is 2.21. The lowest BCUT2D eigenvalue weighted by Gasteiger charge is -2.11. The van der Waals surface area contributed by atoms with E-state index in [2.05, 4.69) is 22.4 Å². The number of anilines is 2. The van der Waals surface area contributed by atoms with Crippen LogP contribution < -0.4 is 15.0 Å². The maximum atomic E-state index is 5.35. The summed E-state index contributed by atoms with van der Waals surface area (Å²) in [5, 5.41) is 4.37. The Morgan fingerprint density at radius 2 is 2.00 bits per heavy atom.